The number of furan rings is 1. The van der Waals surface area contributed by atoms with Crippen molar-refractivity contribution in [2.75, 3.05) is 0 Å². The van der Waals surface area contributed by atoms with Crippen LogP contribution in [-0.2, 0) is 0 Å². The maximum atomic E-state index is 6.52. The van der Waals surface area contributed by atoms with Crippen LogP contribution in [0.3, 0.4) is 0 Å². The zero-order valence-electron chi connectivity index (χ0n) is 25.7. The van der Waals surface area contributed by atoms with Crippen molar-refractivity contribution in [3.05, 3.63) is 152 Å². The van der Waals surface area contributed by atoms with Crippen LogP contribution in [0.2, 0.25) is 0 Å². The summed E-state index contributed by atoms with van der Waals surface area (Å²) in [6.07, 6.45) is 0. The maximum absolute atomic E-state index is 6.52. The summed E-state index contributed by atoms with van der Waals surface area (Å²) in [5.74, 6) is 0.643. The molecule has 0 amide bonds. The van der Waals surface area contributed by atoms with Crippen molar-refractivity contribution in [2.45, 2.75) is 0 Å². The summed E-state index contributed by atoms with van der Waals surface area (Å²) in [5.41, 5.74) is 6.84. The van der Waals surface area contributed by atoms with Gasteiger partial charge in [0, 0.05) is 43.3 Å². The maximum Gasteiger partial charge on any atom is 0.235 e. The Morgan fingerprint density at radius 1 is 0.417 bits per heavy atom. The molecule has 4 nitrogen and oxygen atoms in total. The predicted octanol–water partition coefficient (Wildman–Crippen LogP) is 11.8. The average Bonchev–Trinajstić information content (AvgIpc) is 3.69. The van der Waals surface area contributed by atoms with Gasteiger partial charge in [-0.2, -0.15) is 0 Å². The van der Waals surface area contributed by atoms with E-state index in [0.717, 1.165) is 87.4 Å². The fourth-order valence-electron chi connectivity index (χ4n) is 7.78. The highest BCUT2D eigenvalue weighted by atomic mass is 16.3. The summed E-state index contributed by atoms with van der Waals surface area (Å²) in [7, 11) is 0. The molecule has 0 aliphatic carbocycles. The van der Waals surface area contributed by atoms with Crippen LogP contribution in [0.1, 0.15) is 0 Å². The molecule has 0 spiro atoms. The van der Waals surface area contributed by atoms with Gasteiger partial charge >= 0.3 is 0 Å². The van der Waals surface area contributed by atoms with Gasteiger partial charge in [0.2, 0.25) is 5.95 Å². The Labute approximate surface area is 274 Å². The highest BCUT2D eigenvalue weighted by Gasteiger charge is 2.21. The van der Waals surface area contributed by atoms with Crippen LogP contribution in [0, 0.1) is 0 Å². The molecule has 0 saturated carbocycles. The van der Waals surface area contributed by atoms with E-state index in [4.69, 9.17) is 14.4 Å². The Balaban J connectivity index is 1.31. The Kier molecular flexibility index (Phi) is 5.08. The number of rotatable bonds is 2. The van der Waals surface area contributed by atoms with Crippen LogP contribution in [0.15, 0.2) is 156 Å². The smallest absolute Gasteiger partial charge is 0.235 e. The highest BCUT2D eigenvalue weighted by Crippen LogP contribution is 2.41. The Morgan fingerprint density at radius 2 is 1.10 bits per heavy atom. The molecule has 0 bridgehead atoms. The van der Waals surface area contributed by atoms with Crippen LogP contribution < -0.4 is 0 Å². The van der Waals surface area contributed by atoms with Gasteiger partial charge in [0.05, 0.1) is 22.2 Å². The van der Waals surface area contributed by atoms with E-state index in [1.54, 1.807) is 0 Å². The molecule has 0 saturated heterocycles. The van der Waals surface area contributed by atoms with E-state index < -0.39 is 0 Å². The second-order valence-corrected chi connectivity index (χ2v) is 12.6. The van der Waals surface area contributed by atoms with E-state index in [1.165, 1.54) is 10.8 Å². The molecule has 0 aliphatic heterocycles. The van der Waals surface area contributed by atoms with E-state index in [-0.39, 0.29) is 0 Å². The molecule has 0 N–H and O–H groups in total. The lowest BCUT2D eigenvalue weighted by atomic mass is 9.98. The van der Waals surface area contributed by atoms with Gasteiger partial charge in [-0.05, 0) is 57.9 Å². The van der Waals surface area contributed by atoms with Gasteiger partial charge in [-0.1, -0.05) is 115 Å². The first-order valence-corrected chi connectivity index (χ1v) is 16.3. The van der Waals surface area contributed by atoms with Gasteiger partial charge in [0.15, 0.2) is 0 Å². The minimum atomic E-state index is 0.643. The molecule has 0 atom stereocenters. The topological polar surface area (TPSA) is 43.9 Å². The number of fused-ring (bicyclic) bond motifs is 12. The van der Waals surface area contributed by atoms with Crippen molar-refractivity contribution in [1.82, 2.24) is 14.5 Å². The first-order chi connectivity index (χ1) is 23.8. The number of nitrogens with zero attached hydrogens (tertiary/aromatic N) is 3. The van der Waals surface area contributed by atoms with E-state index in [1.807, 2.05) is 12.1 Å². The molecule has 4 heteroatoms. The first-order valence-electron chi connectivity index (χ1n) is 16.3. The Hall–Kier alpha value is -6.52. The molecule has 3 aromatic heterocycles. The fourth-order valence-corrected chi connectivity index (χ4v) is 7.78. The SMILES string of the molecule is c1ccc2c(-c3nc(-n4c5ccccc5c5cc6ccc7c8ccccc8oc7c6cc54)nc4c3ccc3ccccc34)cccc2c1. The van der Waals surface area contributed by atoms with Crippen LogP contribution >= 0.6 is 0 Å². The zero-order valence-corrected chi connectivity index (χ0v) is 25.7. The lowest BCUT2D eigenvalue weighted by Gasteiger charge is -2.14. The Morgan fingerprint density at radius 3 is 2.00 bits per heavy atom. The molecule has 0 radical (unpaired) electrons. The normalized spacial score (nSPS) is 12.2. The number of benzene rings is 8. The minimum absolute atomic E-state index is 0.643. The van der Waals surface area contributed by atoms with Crippen molar-refractivity contribution >= 4 is 87.0 Å². The summed E-state index contributed by atoms with van der Waals surface area (Å²) in [6, 6.07) is 53.6. The molecule has 0 unspecified atom stereocenters. The molecule has 3 heterocycles. The summed E-state index contributed by atoms with van der Waals surface area (Å²) in [4.78, 5) is 10.9. The van der Waals surface area contributed by atoms with Crippen LogP contribution in [0.5, 0.6) is 0 Å². The molecular formula is C44H25N3O. The van der Waals surface area contributed by atoms with Crippen LogP contribution in [0.4, 0.5) is 0 Å². The van der Waals surface area contributed by atoms with E-state index >= 15 is 0 Å². The van der Waals surface area contributed by atoms with E-state index in [0.29, 0.717) is 5.95 Å². The zero-order chi connectivity index (χ0) is 31.3. The number of hydrogen-bond donors (Lipinski definition) is 0. The first kappa shape index (κ1) is 25.6. The van der Waals surface area contributed by atoms with Gasteiger partial charge < -0.3 is 4.42 Å². The number of aromatic nitrogens is 3. The van der Waals surface area contributed by atoms with Crippen LogP contribution in [-0.4, -0.2) is 14.5 Å². The second-order valence-electron chi connectivity index (χ2n) is 12.6. The average molecular weight is 612 g/mol. The quantitative estimate of drug-likeness (QED) is 0.183. The number of para-hydroxylation sites is 2. The molecule has 48 heavy (non-hydrogen) atoms. The van der Waals surface area contributed by atoms with Crippen molar-refractivity contribution in [3.8, 4) is 17.2 Å². The lowest BCUT2D eigenvalue weighted by molar-refractivity contribution is 0.672. The van der Waals surface area contributed by atoms with Crippen molar-refractivity contribution in [3.63, 3.8) is 0 Å². The van der Waals surface area contributed by atoms with Crippen molar-refractivity contribution < 1.29 is 4.42 Å². The second kappa shape index (κ2) is 9.50. The monoisotopic (exact) mass is 611 g/mol. The molecular weight excluding hydrogens is 587 g/mol. The van der Waals surface area contributed by atoms with E-state index in [2.05, 4.69) is 144 Å². The highest BCUT2D eigenvalue weighted by molar-refractivity contribution is 6.20. The molecule has 222 valence electrons. The fraction of sp³-hybridized carbons (Fsp3) is 0. The van der Waals surface area contributed by atoms with Gasteiger partial charge in [-0.15, -0.1) is 0 Å². The number of hydrogen-bond acceptors (Lipinski definition) is 3. The minimum Gasteiger partial charge on any atom is -0.455 e. The molecule has 0 aliphatic rings. The molecule has 11 rings (SSSR count). The third kappa shape index (κ3) is 3.49. The Bertz CT molecular complexity index is 3120. The van der Waals surface area contributed by atoms with Crippen LogP contribution in [0.25, 0.3) is 104 Å². The van der Waals surface area contributed by atoms with Crippen molar-refractivity contribution in [2.24, 2.45) is 0 Å². The van der Waals surface area contributed by atoms with Crippen molar-refractivity contribution in [1.29, 1.82) is 0 Å². The molecule has 8 aromatic carbocycles. The standard InChI is InChI=1S/C44H25N3O/c1-3-13-29-26(10-1)12-9-17-33(29)42-35-23-20-27-11-2-4-14-30(27)41(35)45-44(46-42)47-38-18-7-5-15-31(38)37-24-28-21-22-34-32-16-6-8-19-40(32)48-43(34)36(28)25-39(37)47/h1-25H. The molecule has 11 aromatic rings. The predicted molar refractivity (Wildman–Crippen MR) is 199 cm³/mol. The van der Waals surface area contributed by atoms with Gasteiger partial charge in [-0.3, -0.25) is 4.57 Å². The summed E-state index contributed by atoms with van der Waals surface area (Å²) >= 11 is 0. The third-order valence-electron chi connectivity index (χ3n) is 9.98. The summed E-state index contributed by atoms with van der Waals surface area (Å²) < 4.78 is 8.76. The van der Waals surface area contributed by atoms with Gasteiger partial charge in [0.1, 0.15) is 11.2 Å². The van der Waals surface area contributed by atoms with Gasteiger partial charge in [-0.25, -0.2) is 9.97 Å². The summed E-state index contributed by atoms with van der Waals surface area (Å²) in [5, 5.41) is 12.4. The third-order valence-corrected chi connectivity index (χ3v) is 9.98. The van der Waals surface area contributed by atoms with E-state index in [9.17, 15) is 0 Å². The summed E-state index contributed by atoms with van der Waals surface area (Å²) in [6.45, 7) is 0. The lowest BCUT2D eigenvalue weighted by Crippen LogP contribution is -2.04. The molecule has 0 fully saturated rings. The largest absolute Gasteiger partial charge is 0.455 e. The van der Waals surface area contributed by atoms with Gasteiger partial charge in [0.25, 0.3) is 0 Å².